The summed E-state index contributed by atoms with van der Waals surface area (Å²) < 4.78 is 4.76. The van der Waals surface area contributed by atoms with Gasteiger partial charge < -0.3 is 10.5 Å². The summed E-state index contributed by atoms with van der Waals surface area (Å²) in [7, 11) is 1.31. The second kappa shape index (κ2) is 6.16. The number of nitrogens with one attached hydrogen (secondary N) is 1. The second-order valence-corrected chi connectivity index (χ2v) is 4.41. The quantitative estimate of drug-likeness (QED) is 0.799. The van der Waals surface area contributed by atoms with Crippen molar-refractivity contribution in [1.29, 1.82) is 0 Å². The van der Waals surface area contributed by atoms with E-state index < -0.39 is 17.9 Å². The molecule has 1 atom stereocenters. The van der Waals surface area contributed by atoms with Crippen LogP contribution in [0.15, 0.2) is 42.5 Å². The van der Waals surface area contributed by atoms with Crippen molar-refractivity contribution < 1.29 is 14.3 Å². The van der Waals surface area contributed by atoms with Crippen LogP contribution < -0.4 is 11.1 Å². The van der Waals surface area contributed by atoms with Crippen LogP contribution in [0.5, 0.6) is 0 Å². The molecular weight excluding hydrogens is 256 g/mol. The van der Waals surface area contributed by atoms with Crippen molar-refractivity contribution in [2.45, 2.75) is 6.04 Å². The number of fused-ring (bicyclic) bond motifs is 1. The minimum atomic E-state index is -0.711. The Morgan fingerprint density at radius 2 is 1.90 bits per heavy atom. The summed E-state index contributed by atoms with van der Waals surface area (Å²) in [6.07, 6.45) is 0. The van der Waals surface area contributed by atoms with Gasteiger partial charge in [-0.15, -0.1) is 0 Å². The molecule has 0 spiro atoms. The van der Waals surface area contributed by atoms with Crippen molar-refractivity contribution in [1.82, 2.24) is 5.32 Å². The lowest BCUT2D eigenvalue weighted by Crippen LogP contribution is -2.36. The van der Waals surface area contributed by atoms with Gasteiger partial charge in [0.2, 0.25) is 5.91 Å². The van der Waals surface area contributed by atoms with Crippen molar-refractivity contribution in [2.75, 3.05) is 13.7 Å². The average molecular weight is 272 g/mol. The number of hydrogen-bond acceptors (Lipinski definition) is 4. The molecule has 0 heterocycles. The fourth-order valence-corrected chi connectivity index (χ4v) is 2.05. The highest BCUT2D eigenvalue weighted by Gasteiger charge is 2.21. The monoisotopic (exact) mass is 272 g/mol. The number of esters is 1. The van der Waals surface area contributed by atoms with Crippen molar-refractivity contribution in [3.8, 4) is 0 Å². The molecule has 0 saturated carbocycles. The molecule has 5 heteroatoms. The van der Waals surface area contributed by atoms with Gasteiger partial charge in [0.25, 0.3) is 0 Å². The van der Waals surface area contributed by atoms with E-state index in [2.05, 4.69) is 5.32 Å². The highest BCUT2D eigenvalue weighted by atomic mass is 16.5. The number of methoxy groups -OCH3 is 1. The van der Waals surface area contributed by atoms with E-state index in [1.165, 1.54) is 7.11 Å². The van der Waals surface area contributed by atoms with Crippen LogP contribution in [0.3, 0.4) is 0 Å². The summed E-state index contributed by atoms with van der Waals surface area (Å²) >= 11 is 0. The fourth-order valence-electron chi connectivity index (χ4n) is 2.05. The first-order valence-corrected chi connectivity index (χ1v) is 6.20. The zero-order valence-corrected chi connectivity index (χ0v) is 11.1. The third-order valence-electron chi connectivity index (χ3n) is 3.02. The first-order valence-electron chi connectivity index (χ1n) is 6.20. The SMILES string of the molecule is COC(=O)[C@H](NCC(N)=O)c1ccc2ccccc2c1. The lowest BCUT2D eigenvalue weighted by molar-refractivity contribution is -0.143. The number of carbonyl (C=O) groups excluding carboxylic acids is 2. The number of carbonyl (C=O) groups is 2. The van der Waals surface area contributed by atoms with Gasteiger partial charge in [-0.3, -0.25) is 10.1 Å². The van der Waals surface area contributed by atoms with Gasteiger partial charge >= 0.3 is 5.97 Å². The van der Waals surface area contributed by atoms with E-state index in [4.69, 9.17) is 10.5 Å². The van der Waals surface area contributed by atoms with E-state index >= 15 is 0 Å². The maximum atomic E-state index is 11.8. The summed E-state index contributed by atoms with van der Waals surface area (Å²) in [5.74, 6) is -0.985. The highest BCUT2D eigenvalue weighted by Crippen LogP contribution is 2.21. The van der Waals surface area contributed by atoms with Gasteiger partial charge in [0, 0.05) is 0 Å². The van der Waals surface area contributed by atoms with Crippen LogP contribution in [0, 0.1) is 0 Å². The number of rotatable bonds is 5. The van der Waals surface area contributed by atoms with Crippen LogP contribution in [0.4, 0.5) is 0 Å². The van der Waals surface area contributed by atoms with Crippen molar-refractivity contribution >= 4 is 22.6 Å². The smallest absolute Gasteiger partial charge is 0.327 e. The minimum Gasteiger partial charge on any atom is -0.468 e. The molecule has 0 bridgehead atoms. The van der Waals surface area contributed by atoms with Crippen molar-refractivity contribution in [3.05, 3.63) is 48.0 Å². The molecule has 0 radical (unpaired) electrons. The van der Waals surface area contributed by atoms with E-state index in [-0.39, 0.29) is 6.54 Å². The Bertz CT molecular complexity index is 640. The average Bonchev–Trinajstić information content (AvgIpc) is 2.46. The largest absolute Gasteiger partial charge is 0.468 e. The van der Waals surface area contributed by atoms with Crippen LogP contribution in [0.2, 0.25) is 0 Å². The molecule has 0 unspecified atom stereocenters. The van der Waals surface area contributed by atoms with Crippen LogP contribution in [0.1, 0.15) is 11.6 Å². The van der Waals surface area contributed by atoms with Crippen LogP contribution in [-0.2, 0) is 14.3 Å². The molecule has 2 aromatic carbocycles. The molecule has 0 aliphatic carbocycles. The van der Waals surface area contributed by atoms with Gasteiger partial charge in [-0.25, -0.2) is 4.79 Å². The molecule has 104 valence electrons. The standard InChI is InChI=1S/C15H16N2O3/c1-20-15(19)14(17-9-13(16)18)12-7-6-10-4-2-3-5-11(10)8-12/h2-8,14,17H,9H2,1H3,(H2,16,18)/t14-/m1/s1. The molecule has 3 N–H and O–H groups in total. The number of ether oxygens (including phenoxy) is 1. The topological polar surface area (TPSA) is 81.4 Å². The van der Waals surface area contributed by atoms with Gasteiger partial charge in [0.1, 0.15) is 6.04 Å². The predicted octanol–water partition coefficient (Wildman–Crippen LogP) is 1.13. The number of benzene rings is 2. The Balaban J connectivity index is 2.34. The summed E-state index contributed by atoms with van der Waals surface area (Å²) in [6, 6.07) is 12.8. The molecule has 2 rings (SSSR count). The van der Waals surface area contributed by atoms with Crippen LogP contribution >= 0.6 is 0 Å². The number of nitrogens with two attached hydrogens (primary N) is 1. The Morgan fingerprint density at radius 3 is 2.55 bits per heavy atom. The van der Waals surface area contributed by atoms with Crippen molar-refractivity contribution in [2.24, 2.45) is 5.73 Å². The molecule has 0 saturated heterocycles. The van der Waals surface area contributed by atoms with Gasteiger partial charge in [0.15, 0.2) is 0 Å². The first kappa shape index (κ1) is 14.0. The highest BCUT2D eigenvalue weighted by molar-refractivity contribution is 5.86. The third kappa shape index (κ3) is 3.13. The Kier molecular flexibility index (Phi) is 4.32. The minimum absolute atomic E-state index is 0.0907. The molecule has 5 nitrogen and oxygen atoms in total. The first-order chi connectivity index (χ1) is 9.61. The number of hydrogen-bond donors (Lipinski definition) is 2. The molecule has 1 amide bonds. The molecular formula is C15H16N2O3. The summed E-state index contributed by atoms with van der Waals surface area (Å²) in [5, 5.41) is 4.89. The van der Waals surface area contributed by atoms with Gasteiger partial charge in [-0.05, 0) is 22.4 Å². The molecule has 0 aromatic heterocycles. The van der Waals surface area contributed by atoms with Gasteiger partial charge in [-0.1, -0.05) is 36.4 Å². The molecule has 2 aromatic rings. The fraction of sp³-hybridized carbons (Fsp3) is 0.200. The van der Waals surface area contributed by atoms with E-state index in [1.807, 2.05) is 42.5 Å². The summed E-state index contributed by atoms with van der Waals surface area (Å²) in [4.78, 5) is 22.7. The molecule has 0 aliphatic heterocycles. The van der Waals surface area contributed by atoms with Gasteiger partial charge in [0.05, 0.1) is 13.7 Å². The Labute approximate surface area is 116 Å². The Morgan fingerprint density at radius 1 is 1.20 bits per heavy atom. The molecule has 0 fully saturated rings. The van der Waals surface area contributed by atoms with Gasteiger partial charge in [-0.2, -0.15) is 0 Å². The third-order valence-corrected chi connectivity index (χ3v) is 3.02. The lowest BCUT2D eigenvalue weighted by Gasteiger charge is -2.16. The summed E-state index contributed by atoms with van der Waals surface area (Å²) in [5.41, 5.74) is 5.83. The van der Waals surface area contributed by atoms with Crippen molar-refractivity contribution in [3.63, 3.8) is 0 Å². The van der Waals surface area contributed by atoms with E-state index in [9.17, 15) is 9.59 Å². The second-order valence-electron chi connectivity index (χ2n) is 4.41. The van der Waals surface area contributed by atoms with Crippen LogP contribution in [0.25, 0.3) is 10.8 Å². The van der Waals surface area contributed by atoms with E-state index in [0.717, 1.165) is 16.3 Å². The maximum Gasteiger partial charge on any atom is 0.327 e. The predicted molar refractivity (Wildman–Crippen MR) is 75.9 cm³/mol. The van der Waals surface area contributed by atoms with Crippen LogP contribution in [-0.4, -0.2) is 25.5 Å². The van der Waals surface area contributed by atoms with E-state index in [0.29, 0.717) is 0 Å². The Hall–Kier alpha value is -2.40. The molecule has 0 aliphatic rings. The van der Waals surface area contributed by atoms with E-state index in [1.54, 1.807) is 0 Å². The lowest BCUT2D eigenvalue weighted by atomic mass is 10.0. The normalized spacial score (nSPS) is 12.1. The maximum absolute atomic E-state index is 11.8. The number of amides is 1. The zero-order chi connectivity index (χ0) is 14.5. The number of primary amides is 1. The zero-order valence-electron chi connectivity index (χ0n) is 11.1. The molecule has 20 heavy (non-hydrogen) atoms. The summed E-state index contributed by atoms with van der Waals surface area (Å²) in [6.45, 7) is -0.0907.